The fourth-order valence-corrected chi connectivity index (χ4v) is 2.67. The number of hydrogen-bond donors (Lipinski definition) is 1. The Labute approximate surface area is 135 Å². The number of aromatic hydroxyl groups is 1. The van der Waals surface area contributed by atoms with Gasteiger partial charge in [0, 0.05) is 17.4 Å². The SMILES string of the molecule is CC(C)c1cc(=O)c(O)cn1-c1cccc(-c2ccccc2)c1. The standard InChI is InChI=1S/C20H19NO2/c1-14(2)18-12-19(22)20(23)13-21(18)17-10-6-9-16(11-17)15-7-4-3-5-8-15/h3-14,23H,1-2H3. The number of pyridine rings is 1. The zero-order chi connectivity index (χ0) is 16.4. The Morgan fingerprint density at radius 2 is 1.61 bits per heavy atom. The summed E-state index contributed by atoms with van der Waals surface area (Å²) in [5.74, 6) is -0.0665. The highest BCUT2D eigenvalue weighted by Crippen LogP contribution is 2.25. The van der Waals surface area contributed by atoms with E-state index in [1.54, 1.807) is 0 Å². The molecule has 0 atom stereocenters. The summed E-state index contributed by atoms with van der Waals surface area (Å²) in [6.45, 7) is 4.06. The van der Waals surface area contributed by atoms with E-state index in [4.69, 9.17) is 0 Å². The van der Waals surface area contributed by atoms with Crippen LogP contribution in [0.1, 0.15) is 25.5 Å². The van der Waals surface area contributed by atoms with Crippen molar-refractivity contribution in [1.29, 1.82) is 0 Å². The Bertz CT molecular complexity index is 880. The largest absolute Gasteiger partial charge is 0.503 e. The van der Waals surface area contributed by atoms with E-state index in [9.17, 15) is 9.90 Å². The number of benzene rings is 2. The van der Waals surface area contributed by atoms with Gasteiger partial charge in [-0.25, -0.2) is 0 Å². The van der Waals surface area contributed by atoms with Gasteiger partial charge in [-0.1, -0.05) is 56.3 Å². The van der Waals surface area contributed by atoms with Crippen LogP contribution in [0.4, 0.5) is 0 Å². The summed E-state index contributed by atoms with van der Waals surface area (Å²) in [6, 6.07) is 19.7. The number of nitrogens with zero attached hydrogens (tertiary/aromatic N) is 1. The van der Waals surface area contributed by atoms with Gasteiger partial charge in [0.25, 0.3) is 0 Å². The van der Waals surface area contributed by atoms with Crippen molar-refractivity contribution in [2.24, 2.45) is 0 Å². The Hall–Kier alpha value is -2.81. The first-order valence-electron chi connectivity index (χ1n) is 7.67. The van der Waals surface area contributed by atoms with Crippen LogP contribution in [-0.4, -0.2) is 9.67 Å². The van der Waals surface area contributed by atoms with Crippen LogP contribution >= 0.6 is 0 Å². The lowest BCUT2D eigenvalue weighted by Gasteiger charge is -2.17. The molecule has 116 valence electrons. The lowest BCUT2D eigenvalue weighted by molar-refractivity contribution is 0.463. The van der Waals surface area contributed by atoms with Gasteiger partial charge in [-0.05, 0) is 29.2 Å². The molecule has 1 aromatic heterocycles. The van der Waals surface area contributed by atoms with Gasteiger partial charge in [-0.15, -0.1) is 0 Å². The summed E-state index contributed by atoms with van der Waals surface area (Å²) in [6.07, 6.45) is 1.50. The lowest BCUT2D eigenvalue weighted by Crippen LogP contribution is -2.12. The molecule has 0 amide bonds. The van der Waals surface area contributed by atoms with Crippen LogP contribution in [0.3, 0.4) is 0 Å². The smallest absolute Gasteiger partial charge is 0.223 e. The van der Waals surface area contributed by atoms with E-state index in [0.29, 0.717) is 0 Å². The third kappa shape index (κ3) is 3.04. The van der Waals surface area contributed by atoms with Crippen LogP contribution in [0.25, 0.3) is 16.8 Å². The Morgan fingerprint density at radius 1 is 0.913 bits per heavy atom. The Morgan fingerprint density at radius 3 is 2.30 bits per heavy atom. The van der Waals surface area contributed by atoms with Crippen molar-refractivity contribution >= 4 is 0 Å². The maximum atomic E-state index is 11.8. The normalized spacial score (nSPS) is 10.9. The van der Waals surface area contributed by atoms with Crippen LogP contribution in [0, 0.1) is 0 Å². The molecule has 0 fully saturated rings. The first kappa shape index (κ1) is 15.1. The quantitative estimate of drug-likeness (QED) is 0.782. The van der Waals surface area contributed by atoms with Crippen molar-refractivity contribution < 1.29 is 5.11 Å². The molecule has 1 heterocycles. The number of rotatable bonds is 3. The molecule has 0 saturated heterocycles. The number of hydrogen-bond acceptors (Lipinski definition) is 2. The van der Waals surface area contributed by atoms with Gasteiger partial charge in [0.15, 0.2) is 5.75 Å². The summed E-state index contributed by atoms with van der Waals surface area (Å²) in [5, 5.41) is 9.82. The second kappa shape index (κ2) is 6.13. The molecule has 0 spiro atoms. The minimum Gasteiger partial charge on any atom is -0.503 e. The highest BCUT2D eigenvalue weighted by molar-refractivity contribution is 5.66. The molecule has 0 aliphatic carbocycles. The molecule has 1 N–H and O–H groups in total. The number of aromatic nitrogens is 1. The molecular formula is C20H19NO2. The Balaban J connectivity index is 2.17. The average Bonchev–Trinajstić information content (AvgIpc) is 2.57. The second-order valence-electron chi connectivity index (χ2n) is 5.89. The molecule has 0 unspecified atom stereocenters. The topological polar surface area (TPSA) is 42.2 Å². The minimum absolute atomic E-state index is 0.170. The van der Waals surface area contributed by atoms with Crippen LogP contribution < -0.4 is 5.43 Å². The fraction of sp³-hybridized carbons (Fsp3) is 0.150. The first-order chi connectivity index (χ1) is 11.1. The van der Waals surface area contributed by atoms with Gasteiger partial charge in [0.05, 0.1) is 6.20 Å². The summed E-state index contributed by atoms with van der Waals surface area (Å²) in [4.78, 5) is 11.8. The van der Waals surface area contributed by atoms with Crippen molar-refractivity contribution in [3.63, 3.8) is 0 Å². The average molecular weight is 305 g/mol. The van der Waals surface area contributed by atoms with Crippen LogP contribution in [-0.2, 0) is 0 Å². The van der Waals surface area contributed by atoms with Crippen LogP contribution in [0.15, 0.2) is 71.7 Å². The molecule has 0 saturated carbocycles. The Kier molecular flexibility index (Phi) is 4.02. The molecule has 3 aromatic rings. The van der Waals surface area contributed by atoms with E-state index in [-0.39, 0.29) is 17.1 Å². The molecule has 2 aromatic carbocycles. The molecule has 0 aliphatic heterocycles. The summed E-state index contributed by atoms with van der Waals surface area (Å²) in [7, 11) is 0. The minimum atomic E-state index is -0.343. The molecule has 23 heavy (non-hydrogen) atoms. The van der Waals surface area contributed by atoms with Crippen LogP contribution in [0.2, 0.25) is 0 Å². The summed E-state index contributed by atoms with van der Waals surface area (Å²) in [5.41, 5.74) is 3.68. The summed E-state index contributed by atoms with van der Waals surface area (Å²) >= 11 is 0. The van der Waals surface area contributed by atoms with Gasteiger partial charge < -0.3 is 9.67 Å². The highest BCUT2D eigenvalue weighted by atomic mass is 16.3. The van der Waals surface area contributed by atoms with Crippen molar-refractivity contribution in [2.75, 3.05) is 0 Å². The summed E-state index contributed by atoms with van der Waals surface area (Å²) < 4.78 is 1.88. The zero-order valence-electron chi connectivity index (χ0n) is 13.2. The van der Waals surface area contributed by atoms with Crippen molar-refractivity contribution in [1.82, 2.24) is 4.57 Å². The van der Waals surface area contributed by atoms with E-state index >= 15 is 0 Å². The molecule has 0 radical (unpaired) electrons. The van der Waals surface area contributed by atoms with E-state index < -0.39 is 0 Å². The predicted octanol–water partition coefficient (Wildman–Crippen LogP) is 4.33. The fourth-order valence-electron chi connectivity index (χ4n) is 2.67. The maximum Gasteiger partial charge on any atom is 0.223 e. The van der Waals surface area contributed by atoms with Gasteiger partial charge in [0.1, 0.15) is 0 Å². The molecule has 3 nitrogen and oxygen atoms in total. The highest BCUT2D eigenvalue weighted by Gasteiger charge is 2.11. The van der Waals surface area contributed by atoms with Crippen molar-refractivity contribution in [2.45, 2.75) is 19.8 Å². The lowest BCUT2D eigenvalue weighted by atomic mass is 10.0. The van der Waals surface area contributed by atoms with Gasteiger partial charge >= 0.3 is 0 Å². The molecule has 3 rings (SSSR count). The maximum absolute atomic E-state index is 11.8. The second-order valence-corrected chi connectivity index (χ2v) is 5.89. The van der Waals surface area contributed by atoms with E-state index in [0.717, 1.165) is 22.5 Å². The zero-order valence-corrected chi connectivity index (χ0v) is 13.2. The molecule has 0 bridgehead atoms. The molecular weight excluding hydrogens is 286 g/mol. The van der Waals surface area contributed by atoms with E-state index in [2.05, 4.69) is 24.3 Å². The van der Waals surface area contributed by atoms with Crippen molar-refractivity contribution in [3.05, 3.63) is 82.8 Å². The van der Waals surface area contributed by atoms with E-state index in [1.165, 1.54) is 12.3 Å². The third-order valence-electron chi connectivity index (χ3n) is 3.88. The van der Waals surface area contributed by atoms with Gasteiger partial charge in [0.2, 0.25) is 5.43 Å². The van der Waals surface area contributed by atoms with Gasteiger partial charge in [-0.2, -0.15) is 0 Å². The van der Waals surface area contributed by atoms with E-state index in [1.807, 2.05) is 48.7 Å². The van der Waals surface area contributed by atoms with Gasteiger partial charge in [-0.3, -0.25) is 4.79 Å². The predicted molar refractivity (Wildman–Crippen MR) is 93.2 cm³/mol. The molecule has 0 aliphatic rings. The first-order valence-corrected chi connectivity index (χ1v) is 7.67. The monoisotopic (exact) mass is 305 g/mol. The van der Waals surface area contributed by atoms with Crippen molar-refractivity contribution in [3.8, 4) is 22.6 Å². The molecule has 3 heteroatoms. The third-order valence-corrected chi connectivity index (χ3v) is 3.88. The van der Waals surface area contributed by atoms with Crippen LogP contribution in [0.5, 0.6) is 5.75 Å².